The summed E-state index contributed by atoms with van der Waals surface area (Å²) in [6.45, 7) is 6.74. The molecule has 5 heteroatoms. The van der Waals surface area contributed by atoms with Gasteiger partial charge in [0.15, 0.2) is 6.10 Å². The first-order chi connectivity index (χ1) is 13.5. The molecular weight excluding hydrogens is 354 g/mol. The van der Waals surface area contributed by atoms with Gasteiger partial charge >= 0.3 is 5.97 Å². The van der Waals surface area contributed by atoms with Crippen LogP contribution in [0, 0.1) is 6.92 Å². The fourth-order valence-electron chi connectivity index (χ4n) is 2.82. The van der Waals surface area contributed by atoms with Crippen molar-refractivity contribution in [3.63, 3.8) is 0 Å². The number of carbonyl (C=O) groups excluding carboxylic acids is 2. The van der Waals surface area contributed by atoms with E-state index in [1.807, 2.05) is 68.4 Å². The summed E-state index contributed by atoms with van der Waals surface area (Å²) < 4.78 is 11.0. The smallest absolute Gasteiger partial charge is 0.307 e. The Bertz CT molecular complexity index is 743. The number of rotatable bonds is 10. The fraction of sp³-hybridized carbons (Fsp3) is 0.391. The first kappa shape index (κ1) is 21.5. The van der Waals surface area contributed by atoms with Gasteiger partial charge in [0.25, 0.3) is 5.91 Å². The fourth-order valence-corrected chi connectivity index (χ4v) is 2.82. The largest absolute Gasteiger partial charge is 0.481 e. The molecule has 0 aliphatic heterocycles. The third kappa shape index (κ3) is 6.72. The van der Waals surface area contributed by atoms with E-state index in [9.17, 15) is 9.59 Å². The highest BCUT2D eigenvalue weighted by molar-refractivity contribution is 5.82. The summed E-state index contributed by atoms with van der Waals surface area (Å²) >= 11 is 0. The molecule has 0 bridgehead atoms. The highest BCUT2D eigenvalue weighted by Gasteiger charge is 2.25. The molecule has 0 spiro atoms. The first-order valence-electron chi connectivity index (χ1n) is 9.75. The van der Waals surface area contributed by atoms with Gasteiger partial charge in [-0.3, -0.25) is 9.59 Å². The van der Waals surface area contributed by atoms with Crippen LogP contribution in [0.2, 0.25) is 0 Å². The maximum Gasteiger partial charge on any atom is 0.307 e. The zero-order valence-electron chi connectivity index (χ0n) is 16.9. The monoisotopic (exact) mass is 383 g/mol. The maximum atomic E-state index is 13.2. The molecule has 0 saturated heterocycles. The predicted molar refractivity (Wildman–Crippen MR) is 109 cm³/mol. The van der Waals surface area contributed by atoms with Gasteiger partial charge in [-0.25, -0.2) is 0 Å². The van der Waals surface area contributed by atoms with Gasteiger partial charge in [0, 0.05) is 13.1 Å². The van der Waals surface area contributed by atoms with Crippen molar-refractivity contribution >= 4 is 11.9 Å². The zero-order chi connectivity index (χ0) is 20.4. The molecule has 2 aromatic rings. The quantitative estimate of drug-likeness (QED) is 0.579. The van der Waals surface area contributed by atoms with Crippen molar-refractivity contribution in [1.29, 1.82) is 0 Å². The molecule has 1 atom stereocenters. The molecule has 0 fully saturated rings. The molecule has 150 valence electrons. The summed E-state index contributed by atoms with van der Waals surface area (Å²) in [6.07, 6.45) is 0.0961. The van der Waals surface area contributed by atoms with Crippen molar-refractivity contribution < 1.29 is 19.1 Å². The van der Waals surface area contributed by atoms with E-state index in [2.05, 4.69) is 0 Å². The molecule has 0 aliphatic rings. The van der Waals surface area contributed by atoms with Crippen LogP contribution in [0.3, 0.4) is 0 Å². The van der Waals surface area contributed by atoms with E-state index >= 15 is 0 Å². The van der Waals surface area contributed by atoms with Crippen LogP contribution >= 0.6 is 0 Å². The summed E-state index contributed by atoms with van der Waals surface area (Å²) in [7, 11) is 0. The van der Waals surface area contributed by atoms with Gasteiger partial charge < -0.3 is 14.4 Å². The lowest BCUT2D eigenvalue weighted by atomic mass is 10.1. The highest BCUT2D eigenvalue weighted by Crippen LogP contribution is 2.17. The predicted octanol–water partition coefficient (Wildman–Crippen LogP) is 4.13. The first-order valence-corrected chi connectivity index (χ1v) is 9.75. The number of aryl methyl sites for hydroxylation is 1. The topological polar surface area (TPSA) is 55.8 Å². The second kappa shape index (κ2) is 11.1. The molecule has 2 aromatic carbocycles. The number of benzene rings is 2. The summed E-state index contributed by atoms with van der Waals surface area (Å²) in [6, 6.07) is 17.4. The minimum absolute atomic E-state index is 0.128. The number of hydrogen-bond donors (Lipinski definition) is 0. The van der Waals surface area contributed by atoms with Gasteiger partial charge in [-0.2, -0.15) is 0 Å². The van der Waals surface area contributed by atoms with Gasteiger partial charge in [-0.1, -0.05) is 55.0 Å². The molecule has 0 heterocycles. The Morgan fingerprint density at radius 1 is 1.00 bits per heavy atom. The van der Waals surface area contributed by atoms with E-state index in [1.165, 1.54) is 0 Å². The number of amides is 1. The van der Waals surface area contributed by atoms with Crippen LogP contribution in [-0.2, 0) is 20.9 Å². The van der Waals surface area contributed by atoms with E-state index < -0.39 is 6.10 Å². The molecular formula is C23H29NO4. The van der Waals surface area contributed by atoms with E-state index in [0.29, 0.717) is 31.9 Å². The van der Waals surface area contributed by atoms with Crippen LogP contribution in [0.15, 0.2) is 54.6 Å². The molecule has 28 heavy (non-hydrogen) atoms. The van der Waals surface area contributed by atoms with Gasteiger partial charge in [-0.15, -0.1) is 0 Å². The maximum absolute atomic E-state index is 13.2. The Kier molecular flexibility index (Phi) is 8.53. The molecule has 5 nitrogen and oxygen atoms in total. The second-order valence-electron chi connectivity index (χ2n) is 6.63. The SMILES string of the molecule is CCOC(=O)CCN(Cc1ccccc1)C(=O)C(CC)Oc1ccc(C)cc1. The van der Waals surface area contributed by atoms with Crippen LogP contribution in [-0.4, -0.2) is 36.0 Å². The average molecular weight is 383 g/mol. The van der Waals surface area contributed by atoms with Gasteiger partial charge in [0.1, 0.15) is 5.75 Å². The summed E-state index contributed by atoms with van der Waals surface area (Å²) in [5.74, 6) is 0.230. The second-order valence-corrected chi connectivity index (χ2v) is 6.63. The number of esters is 1. The van der Waals surface area contributed by atoms with Crippen molar-refractivity contribution in [3.8, 4) is 5.75 Å². The zero-order valence-corrected chi connectivity index (χ0v) is 16.9. The van der Waals surface area contributed by atoms with Crippen molar-refractivity contribution in [1.82, 2.24) is 4.90 Å². The van der Waals surface area contributed by atoms with E-state index in [1.54, 1.807) is 11.8 Å². The third-order valence-corrected chi connectivity index (χ3v) is 4.36. The number of ether oxygens (including phenoxy) is 2. The molecule has 0 aromatic heterocycles. The van der Waals surface area contributed by atoms with Crippen LogP contribution in [0.4, 0.5) is 0 Å². The van der Waals surface area contributed by atoms with Crippen LogP contribution in [0.5, 0.6) is 5.75 Å². The number of hydrogen-bond acceptors (Lipinski definition) is 4. The average Bonchev–Trinajstić information content (AvgIpc) is 2.71. The number of nitrogens with zero attached hydrogens (tertiary/aromatic N) is 1. The Balaban J connectivity index is 2.11. The Morgan fingerprint density at radius 2 is 1.68 bits per heavy atom. The lowest BCUT2D eigenvalue weighted by Gasteiger charge is -2.27. The minimum Gasteiger partial charge on any atom is -0.481 e. The Morgan fingerprint density at radius 3 is 2.29 bits per heavy atom. The molecule has 0 radical (unpaired) electrons. The van der Waals surface area contributed by atoms with Crippen LogP contribution in [0.25, 0.3) is 0 Å². The highest BCUT2D eigenvalue weighted by atomic mass is 16.5. The molecule has 2 rings (SSSR count). The molecule has 1 unspecified atom stereocenters. The standard InChI is InChI=1S/C23H29NO4/c1-4-21(28-20-13-11-18(3)12-14-20)23(26)24(16-15-22(25)27-5-2)17-19-9-7-6-8-10-19/h6-14,21H,4-5,15-17H2,1-3H3. The normalized spacial score (nSPS) is 11.5. The van der Waals surface area contributed by atoms with Gasteiger partial charge in [-0.05, 0) is 38.0 Å². The minimum atomic E-state index is -0.603. The van der Waals surface area contributed by atoms with E-state index in [-0.39, 0.29) is 18.3 Å². The number of carbonyl (C=O) groups is 2. The van der Waals surface area contributed by atoms with E-state index in [4.69, 9.17) is 9.47 Å². The van der Waals surface area contributed by atoms with Crippen molar-refractivity contribution in [3.05, 3.63) is 65.7 Å². The van der Waals surface area contributed by atoms with Crippen LogP contribution in [0.1, 0.15) is 37.8 Å². The Labute approximate surface area is 167 Å². The molecule has 0 N–H and O–H groups in total. The summed E-state index contributed by atoms with van der Waals surface area (Å²) in [4.78, 5) is 26.6. The third-order valence-electron chi connectivity index (χ3n) is 4.36. The molecule has 0 aliphatic carbocycles. The van der Waals surface area contributed by atoms with E-state index in [0.717, 1.165) is 11.1 Å². The van der Waals surface area contributed by atoms with Crippen molar-refractivity contribution in [2.24, 2.45) is 0 Å². The van der Waals surface area contributed by atoms with Gasteiger partial charge in [0.2, 0.25) is 0 Å². The summed E-state index contributed by atoms with van der Waals surface area (Å²) in [5.41, 5.74) is 2.14. The Hall–Kier alpha value is -2.82. The van der Waals surface area contributed by atoms with Crippen molar-refractivity contribution in [2.75, 3.05) is 13.2 Å². The lowest BCUT2D eigenvalue weighted by Crippen LogP contribution is -2.42. The van der Waals surface area contributed by atoms with Gasteiger partial charge in [0.05, 0.1) is 13.0 Å². The van der Waals surface area contributed by atoms with Crippen molar-refractivity contribution in [2.45, 2.75) is 46.3 Å². The lowest BCUT2D eigenvalue weighted by molar-refractivity contribution is -0.145. The molecule has 1 amide bonds. The molecule has 0 saturated carbocycles. The summed E-state index contributed by atoms with van der Waals surface area (Å²) in [5, 5.41) is 0. The van der Waals surface area contributed by atoms with Crippen LogP contribution < -0.4 is 4.74 Å².